The van der Waals surface area contributed by atoms with Gasteiger partial charge in [0.2, 0.25) is 5.91 Å². The van der Waals surface area contributed by atoms with Gasteiger partial charge in [0.15, 0.2) is 11.5 Å². The number of aromatic hydroxyl groups is 1. The van der Waals surface area contributed by atoms with Crippen LogP contribution in [0.5, 0.6) is 11.5 Å². The molecule has 0 aliphatic carbocycles. The molecule has 27 heavy (non-hydrogen) atoms. The molecule has 7 heteroatoms. The van der Waals surface area contributed by atoms with Crippen LogP contribution in [-0.2, 0) is 14.3 Å². The predicted molar refractivity (Wildman–Crippen MR) is 102 cm³/mol. The number of halogens is 1. The van der Waals surface area contributed by atoms with Gasteiger partial charge in [-0.05, 0) is 35.9 Å². The van der Waals surface area contributed by atoms with Crippen LogP contribution >= 0.6 is 15.9 Å². The fraction of sp³-hybridized carbons (Fsp3) is 0.200. The quantitative estimate of drug-likeness (QED) is 0.755. The lowest BCUT2D eigenvalue weighted by atomic mass is 9.84. The molecular formula is C20H16BrNO5. The maximum absolute atomic E-state index is 13.0. The van der Waals surface area contributed by atoms with Crippen LogP contribution in [0.1, 0.15) is 17.9 Å². The molecule has 138 valence electrons. The van der Waals surface area contributed by atoms with Crippen molar-refractivity contribution in [3.05, 3.63) is 63.8 Å². The zero-order valence-electron chi connectivity index (χ0n) is 14.4. The minimum Gasteiger partial charge on any atom is -0.504 e. The average Bonchev–Trinajstić information content (AvgIpc) is 3.03. The lowest BCUT2D eigenvalue weighted by Crippen LogP contribution is -2.37. The Bertz CT molecular complexity index is 984. The van der Waals surface area contributed by atoms with E-state index in [1.807, 2.05) is 24.3 Å². The zero-order valence-corrected chi connectivity index (χ0v) is 16.0. The molecule has 0 saturated heterocycles. The van der Waals surface area contributed by atoms with Crippen molar-refractivity contribution in [2.45, 2.75) is 12.3 Å². The second-order valence-corrected chi connectivity index (χ2v) is 7.25. The molecule has 4 rings (SSSR count). The summed E-state index contributed by atoms with van der Waals surface area (Å²) in [7, 11) is 1.45. The number of ether oxygens (including phenoxy) is 2. The molecule has 1 amide bonds. The Morgan fingerprint density at radius 2 is 2.04 bits per heavy atom. The Morgan fingerprint density at radius 1 is 1.22 bits per heavy atom. The Morgan fingerprint density at radius 3 is 2.78 bits per heavy atom. The number of esters is 1. The molecule has 2 heterocycles. The molecule has 0 saturated carbocycles. The number of cyclic esters (lactones) is 1. The molecule has 1 unspecified atom stereocenters. The molecule has 1 N–H and O–H groups in total. The van der Waals surface area contributed by atoms with Gasteiger partial charge in [0, 0.05) is 22.5 Å². The van der Waals surface area contributed by atoms with Gasteiger partial charge in [-0.3, -0.25) is 9.69 Å². The van der Waals surface area contributed by atoms with E-state index in [0.29, 0.717) is 22.7 Å². The summed E-state index contributed by atoms with van der Waals surface area (Å²) in [6.45, 7) is 0.0537. The number of carbonyl (C=O) groups excluding carboxylic acids is 2. The Labute approximate surface area is 164 Å². The van der Waals surface area contributed by atoms with E-state index in [1.165, 1.54) is 13.2 Å². The Hall–Kier alpha value is -2.80. The zero-order chi connectivity index (χ0) is 19.1. The van der Waals surface area contributed by atoms with Crippen molar-refractivity contribution in [2.75, 3.05) is 18.6 Å². The minimum absolute atomic E-state index is 0.00218. The van der Waals surface area contributed by atoms with Crippen LogP contribution in [0.25, 0.3) is 0 Å². The van der Waals surface area contributed by atoms with E-state index in [4.69, 9.17) is 9.47 Å². The molecular weight excluding hydrogens is 414 g/mol. The van der Waals surface area contributed by atoms with Crippen LogP contribution in [0, 0.1) is 0 Å². The van der Waals surface area contributed by atoms with E-state index in [-0.39, 0.29) is 24.7 Å². The van der Waals surface area contributed by atoms with Crippen molar-refractivity contribution in [3.8, 4) is 11.5 Å². The second kappa shape index (κ2) is 6.74. The summed E-state index contributed by atoms with van der Waals surface area (Å²) in [6.07, 6.45) is 0.119. The van der Waals surface area contributed by atoms with Gasteiger partial charge in [-0.25, -0.2) is 4.79 Å². The van der Waals surface area contributed by atoms with Crippen LogP contribution < -0.4 is 9.64 Å². The summed E-state index contributed by atoms with van der Waals surface area (Å²) in [4.78, 5) is 27.0. The van der Waals surface area contributed by atoms with Crippen LogP contribution in [0.4, 0.5) is 5.69 Å². The maximum atomic E-state index is 13.0. The maximum Gasteiger partial charge on any atom is 0.336 e. The van der Waals surface area contributed by atoms with Crippen LogP contribution in [0.2, 0.25) is 0 Å². The highest BCUT2D eigenvalue weighted by atomic mass is 79.9. The molecule has 2 aliphatic rings. The number of hydrogen-bond acceptors (Lipinski definition) is 5. The Kier molecular flexibility index (Phi) is 4.39. The molecule has 6 nitrogen and oxygen atoms in total. The Balaban J connectivity index is 1.83. The molecule has 0 fully saturated rings. The van der Waals surface area contributed by atoms with Gasteiger partial charge in [-0.2, -0.15) is 0 Å². The van der Waals surface area contributed by atoms with Gasteiger partial charge in [0.05, 0.1) is 18.4 Å². The van der Waals surface area contributed by atoms with E-state index in [2.05, 4.69) is 15.9 Å². The number of benzene rings is 2. The first-order valence-corrected chi connectivity index (χ1v) is 9.14. The molecule has 0 aromatic heterocycles. The van der Waals surface area contributed by atoms with Gasteiger partial charge >= 0.3 is 5.97 Å². The summed E-state index contributed by atoms with van der Waals surface area (Å²) in [5.41, 5.74) is 2.44. The number of phenolic OH excluding ortho intramolecular Hbond substituents is 1. The van der Waals surface area contributed by atoms with Gasteiger partial charge in [0.1, 0.15) is 6.61 Å². The number of methoxy groups -OCH3 is 1. The topological polar surface area (TPSA) is 76.1 Å². The molecule has 2 aromatic carbocycles. The fourth-order valence-corrected chi connectivity index (χ4v) is 3.95. The third-order valence-electron chi connectivity index (χ3n) is 4.79. The number of anilines is 1. The monoisotopic (exact) mass is 429 g/mol. The molecule has 0 spiro atoms. The van der Waals surface area contributed by atoms with Crippen molar-refractivity contribution in [3.63, 3.8) is 0 Å². The molecule has 2 aromatic rings. The highest BCUT2D eigenvalue weighted by molar-refractivity contribution is 9.10. The van der Waals surface area contributed by atoms with E-state index in [9.17, 15) is 14.7 Å². The van der Waals surface area contributed by atoms with Crippen molar-refractivity contribution in [1.82, 2.24) is 0 Å². The summed E-state index contributed by atoms with van der Waals surface area (Å²) in [5.74, 6) is -0.692. The van der Waals surface area contributed by atoms with E-state index in [1.54, 1.807) is 17.0 Å². The minimum atomic E-state index is -0.444. The first-order chi connectivity index (χ1) is 13.0. The van der Waals surface area contributed by atoms with Crippen molar-refractivity contribution in [2.24, 2.45) is 0 Å². The molecule has 0 bridgehead atoms. The predicted octanol–water partition coefficient (Wildman–Crippen LogP) is 3.49. The lowest BCUT2D eigenvalue weighted by Gasteiger charge is -2.32. The average molecular weight is 430 g/mol. The number of hydrogen-bond donors (Lipinski definition) is 1. The molecule has 1 atom stereocenters. The van der Waals surface area contributed by atoms with Gasteiger partial charge in [0.25, 0.3) is 0 Å². The van der Waals surface area contributed by atoms with E-state index < -0.39 is 11.9 Å². The SMILES string of the molecule is COc1cc(C2CC(=O)N(c3cccc(Br)c3)C3=C2C(=O)OC3)ccc1O. The van der Waals surface area contributed by atoms with E-state index in [0.717, 1.165) is 10.0 Å². The van der Waals surface area contributed by atoms with Crippen LogP contribution in [0.3, 0.4) is 0 Å². The third kappa shape index (κ3) is 2.98. The third-order valence-corrected chi connectivity index (χ3v) is 5.28. The van der Waals surface area contributed by atoms with Gasteiger partial charge in [-0.15, -0.1) is 0 Å². The molecule has 2 aliphatic heterocycles. The highest BCUT2D eigenvalue weighted by Crippen LogP contribution is 2.43. The largest absolute Gasteiger partial charge is 0.504 e. The number of nitrogens with zero attached hydrogens (tertiary/aromatic N) is 1. The standard InChI is InChI=1S/C20H16BrNO5/c1-26-17-7-11(5-6-16(17)23)14-9-18(24)22(13-4-2-3-12(21)8-13)15-10-27-20(25)19(14)15/h2-8,14,23H,9-10H2,1H3. The summed E-state index contributed by atoms with van der Waals surface area (Å²) in [6, 6.07) is 12.2. The van der Waals surface area contributed by atoms with Gasteiger partial charge < -0.3 is 14.6 Å². The molecule has 0 radical (unpaired) electrons. The highest BCUT2D eigenvalue weighted by Gasteiger charge is 2.43. The first kappa shape index (κ1) is 17.6. The van der Waals surface area contributed by atoms with Gasteiger partial charge in [-0.1, -0.05) is 28.1 Å². The number of carbonyl (C=O) groups is 2. The summed E-state index contributed by atoms with van der Waals surface area (Å²) in [5, 5.41) is 9.83. The number of rotatable bonds is 3. The number of amides is 1. The normalized spacial score (nSPS) is 19.2. The summed E-state index contributed by atoms with van der Waals surface area (Å²) < 4.78 is 11.3. The van der Waals surface area contributed by atoms with Crippen LogP contribution in [-0.4, -0.2) is 30.7 Å². The van der Waals surface area contributed by atoms with Crippen molar-refractivity contribution >= 4 is 33.5 Å². The van der Waals surface area contributed by atoms with Crippen molar-refractivity contribution in [1.29, 1.82) is 0 Å². The smallest absolute Gasteiger partial charge is 0.336 e. The number of phenols is 1. The lowest BCUT2D eigenvalue weighted by molar-refractivity contribution is -0.136. The first-order valence-electron chi connectivity index (χ1n) is 8.35. The fourth-order valence-electron chi connectivity index (χ4n) is 3.56. The van der Waals surface area contributed by atoms with Crippen molar-refractivity contribution < 1.29 is 24.2 Å². The van der Waals surface area contributed by atoms with Crippen LogP contribution in [0.15, 0.2) is 58.2 Å². The second-order valence-electron chi connectivity index (χ2n) is 6.33. The van der Waals surface area contributed by atoms with E-state index >= 15 is 0 Å². The summed E-state index contributed by atoms with van der Waals surface area (Å²) >= 11 is 3.41.